The van der Waals surface area contributed by atoms with Crippen molar-refractivity contribution >= 4 is 12.0 Å². The van der Waals surface area contributed by atoms with Gasteiger partial charge in [0.05, 0.1) is 6.10 Å². The molecule has 0 bridgehead atoms. The van der Waals surface area contributed by atoms with Gasteiger partial charge in [-0.3, -0.25) is 4.79 Å². The largest absolute Gasteiger partial charge is 0.465 e. The van der Waals surface area contributed by atoms with E-state index in [0.29, 0.717) is 25.1 Å². The third kappa shape index (κ3) is 4.36. The van der Waals surface area contributed by atoms with Crippen molar-refractivity contribution in [3.63, 3.8) is 0 Å². The maximum absolute atomic E-state index is 13.6. The minimum Gasteiger partial charge on any atom is -0.465 e. The van der Waals surface area contributed by atoms with Crippen molar-refractivity contribution < 1.29 is 19.4 Å². The lowest BCUT2D eigenvalue weighted by atomic mass is 9.80. The standard InChI is InChI=1S/C20H30N2O4/c1-3-4-13-17(26-2)20(21-19(24)25,16-11-7-5-8-12-16)18(23)22-14-9-6-10-15-22/h5,7-8,11-12,17,21H,3-4,6,9-10,13-15H2,1-2H3,(H,24,25). The summed E-state index contributed by atoms with van der Waals surface area (Å²) in [5.41, 5.74) is -0.810. The molecule has 6 heteroatoms. The molecule has 0 saturated carbocycles. The van der Waals surface area contributed by atoms with Crippen LogP contribution in [-0.4, -0.2) is 48.3 Å². The number of amides is 2. The lowest BCUT2D eigenvalue weighted by molar-refractivity contribution is -0.146. The van der Waals surface area contributed by atoms with Crippen LogP contribution in [0.25, 0.3) is 0 Å². The van der Waals surface area contributed by atoms with Gasteiger partial charge in [-0.25, -0.2) is 4.79 Å². The number of nitrogens with one attached hydrogen (secondary N) is 1. The number of methoxy groups -OCH3 is 1. The van der Waals surface area contributed by atoms with Crippen molar-refractivity contribution in [2.45, 2.75) is 57.1 Å². The van der Waals surface area contributed by atoms with Gasteiger partial charge >= 0.3 is 6.09 Å². The average Bonchev–Trinajstić information content (AvgIpc) is 2.68. The molecule has 2 unspecified atom stereocenters. The van der Waals surface area contributed by atoms with Gasteiger partial charge in [0.1, 0.15) is 0 Å². The minimum absolute atomic E-state index is 0.214. The van der Waals surface area contributed by atoms with E-state index in [-0.39, 0.29) is 5.91 Å². The number of benzene rings is 1. The highest BCUT2D eigenvalue weighted by atomic mass is 16.5. The molecule has 1 fully saturated rings. The summed E-state index contributed by atoms with van der Waals surface area (Å²) < 4.78 is 5.71. The van der Waals surface area contributed by atoms with E-state index in [1.54, 1.807) is 24.1 Å². The first-order valence-corrected chi connectivity index (χ1v) is 9.45. The fourth-order valence-electron chi connectivity index (χ4n) is 3.77. The Kier molecular flexibility index (Phi) is 7.45. The van der Waals surface area contributed by atoms with Crippen molar-refractivity contribution in [2.24, 2.45) is 0 Å². The van der Waals surface area contributed by atoms with E-state index in [2.05, 4.69) is 12.2 Å². The second kappa shape index (κ2) is 9.57. The van der Waals surface area contributed by atoms with E-state index in [1.807, 2.05) is 18.2 Å². The predicted molar refractivity (Wildman–Crippen MR) is 100 cm³/mol. The number of hydrogen-bond donors (Lipinski definition) is 2. The Labute approximate surface area is 155 Å². The van der Waals surface area contributed by atoms with Crippen LogP contribution in [0.2, 0.25) is 0 Å². The normalized spacial score (nSPS) is 18.0. The molecule has 26 heavy (non-hydrogen) atoms. The molecule has 1 saturated heterocycles. The zero-order valence-electron chi connectivity index (χ0n) is 15.7. The summed E-state index contributed by atoms with van der Waals surface area (Å²) in [4.78, 5) is 27.2. The van der Waals surface area contributed by atoms with Crippen LogP contribution >= 0.6 is 0 Å². The van der Waals surface area contributed by atoms with Crippen LogP contribution < -0.4 is 5.32 Å². The highest BCUT2D eigenvalue weighted by Gasteiger charge is 2.51. The number of piperidine rings is 1. The zero-order chi connectivity index (χ0) is 19.0. The van der Waals surface area contributed by atoms with Gasteiger partial charge in [-0.15, -0.1) is 0 Å². The van der Waals surface area contributed by atoms with Crippen LogP contribution in [0.4, 0.5) is 4.79 Å². The number of unbranched alkanes of at least 4 members (excludes halogenated alkanes) is 1. The number of likely N-dealkylation sites (tertiary alicyclic amines) is 1. The monoisotopic (exact) mass is 362 g/mol. The Balaban J connectivity index is 2.54. The van der Waals surface area contributed by atoms with E-state index < -0.39 is 17.7 Å². The van der Waals surface area contributed by atoms with Gasteiger partial charge < -0.3 is 20.1 Å². The maximum atomic E-state index is 13.6. The minimum atomic E-state index is -1.44. The van der Waals surface area contributed by atoms with Crippen molar-refractivity contribution in [2.75, 3.05) is 20.2 Å². The molecule has 1 aromatic rings. The van der Waals surface area contributed by atoms with Gasteiger partial charge in [-0.05, 0) is 31.2 Å². The number of carboxylic acid groups (broad SMARTS) is 1. The fourth-order valence-corrected chi connectivity index (χ4v) is 3.77. The van der Waals surface area contributed by atoms with Crippen LogP contribution in [0, 0.1) is 0 Å². The summed E-state index contributed by atoms with van der Waals surface area (Å²) in [5, 5.41) is 12.2. The zero-order valence-corrected chi connectivity index (χ0v) is 15.7. The Morgan fingerprint density at radius 2 is 1.88 bits per heavy atom. The Bertz CT molecular complexity index is 587. The quantitative estimate of drug-likeness (QED) is 0.743. The molecule has 144 valence electrons. The van der Waals surface area contributed by atoms with Gasteiger partial charge in [0.15, 0.2) is 5.54 Å². The number of carbonyl (C=O) groups excluding carboxylic acids is 1. The molecule has 1 heterocycles. The smallest absolute Gasteiger partial charge is 0.405 e. The van der Waals surface area contributed by atoms with Crippen molar-refractivity contribution in [1.82, 2.24) is 10.2 Å². The van der Waals surface area contributed by atoms with Crippen molar-refractivity contribution in [1.29, 1.82) is 0 Å². The molecule has 2 rings (SSSR count). The summed E-state index contributed by atoms with van der Waals surface area (Å²) in [6, 6.07) is 9.10. The first-order valence-electron chi connectivity index (χ1n) is 9.45. The van der Waals surface area contributed by atoms with Crippen LogP contribution in [0.1, 0.15) is 51.0 Å². The molecule has 0 aromatic heterocycles. The van der Waals surface area contributed by atoms with Crippen LogP contribution in [0.3, 0.4) is 0 Å². The number of carbonyl (C=O) groups is 2. The van der Waals surface area contributed by atoms with E-state index in [9.17, 15) is 14.7 Å². The molecule has 6 nitrogen and oxygen atoms in total. The van der Waals surface area contributed by atoms with Crippen molar-refractivity contribution in [3.8, 4) is 0 Å². The fraction of sp³-hybridized carbons (Fsp3) is 0.600. The SMILES string of the molecule is CCCCC(OC)C(NC(=O)O)(C(=O)N1CCCCC1)c1ccccc1. The first-order chi connectivity index (χ1) is 12.6. The lowest BCUT2D eigenvalue weighted by Gasteiger charge is -2.43. The number of ether oxygens (including phenoxy) is 1. The highest BCUT2D eigenvalue weighted by molar-refractivity contribution is 5.92. The Hall–Kier alpha value is -2.08. The molecule has 2 amide bonds. The Morgan fingerprint density at radius 1 is 1.23 bits per heavy atom. The summed E-state index contributed by atoms with van der Waals surface area (Å²) in [6.45, 7) is 3.37. The molecule has 0 radical (unpaired) electrons. The molecule has 2 atom stereocenters. The number of hydrogen-bond acceptors (Lipinski definition) is 3. The molecule has 1 aliphatic rings. The second-order valence-corrected chi connectivity index (χ2v) is 6.82. The van der Waals surface area contributed by atoms with E-state index in [1.165, 1.54) is 0 Å². The van der Waals surface area contributed by atoms with Gasteiger partial charge in [0, 0.05) is 20.2 Å². The summed E-state index contributed by atoms with van der Waals surface area (Å²) in [5.74, 6) is -0.214. The van der Waals surface area contributed by atoms with Gasteiger partial charge in [-0.2, -0.15) is 0 Å². The van der Waals surface area contributed by atoms with Crippen LogP contribution in [-0.2, 0) is 15.1 Å². The van der Waals surface area contributed by atoms with Gasteiger partial charge in [-0.1, -0.05) is 50.1 Å². The Morgan fingerprint density at radius 3 is 2.42 bits per heavy atom. The summed E-state index contributed by atoms with van der Waals surface area (Å²) in [6.07, 6.45) is 3.57. The third-order valence-electron chi connectivity index (χ3n) is 5.10. The average molecular weight is 362 g/mol. The lowest BCUT2D eigenvalue weighted by Crippen LogP contribution is -2.64. The molecule has 2 N–H and O–H groups in total. The summed E-state index contributed by atoms with van der Waals surface area (Å²) >= 11 is 0. The van der Waals surface area contributed by atoms with Crippen LogP contribution in [0.5, 0.6) is 0 Å². The molecule has 0 spiro atoms. The highest BCUT2D eigenvalue weighted by Crippen LogP contribution is 2.33. The molecule has 1 aliphatic heterocycles. The first kappa shape index (κ1) is 20.2. The van der Waals surface area contributed by atoms with E-state index in [4.69, 9.17) is 4.74 Å². The summed E-state index contributed by atoms with van der Waals surface area (Å²) in [7, 11) is 1.55. The van der Waals surface area contributed by atoms with Crippen LogP contribution in [0.15, 0.2) is 30.3 Å². The van der Waals surface area contributed by atoms with E-state index in [0.717, 1.165) is 32.1 Å². The van der Waals surface area contributed by atoms with Gasteiger partial charge in [0.25, 0.3) is 5.91 Å². The molecule has 0 aliphatic carbocycles. The van der Waals surface area contributed by atoms with Crippen molar-refractivity contribution in [3.05, 3.63) is 35.9 Å². The molecular formula is C20H30N2O4. The molecular weight excluding hydrogens is 332 g/mol. The third-order valence-corrected chi connectivity index (χ3v) is 5.10. The molecule has 1 aromatic carbocycles. The van der Waals surface area contributed by atoms with E-state index >= 15 is 0 Å². The maximum Gasteiger partial charge on any atom is 0.405 e. The second-order valence-electron chi connectivity index (χ2n) is 6.82. The topological polar surface area (TPSA) is 78.9 Å². The predicted octanol–water partition coefficient (Wildman–Crippen LogP) is 3.37. The van der Waals surface area contributed by atoms with Gasteiger partial charge in [0.2, 0.25) is 0 Å². The number of nitrogens with zero attached hydrogens (tertiary/aromatic N) is 1. The number of rotatable bonds is 8.